The molecule has 2 heterocycles. The van der Waals surface area contributed by atoms with Crippen molar-refractivity contribution in [1.82, 2.24) is 15.3 Å². The number of carbonyl (C=O) groups excluding carboxylic acids is 1. The van der Waals surface area contributed by atoms with Gasteiger partial charge in [-0.1, -0.05) is 29.8 Å². The van der Waals surface area contributed by atoms with Crippen molar-refractivity contribution in [3.05, 3.63) is 53.0 Å². The monoisotopic (exact) mass is 326 g/mol. The lowest BCUT2D eigenvalue weighted by Gasteiger charge is -2.28. The Morgan fingerprint density at radius 2 is 1.88 bits per heavy atom. The van der Waals surface area contributed by atoms with Gasteiger partial charge in [0, 0.05) is 25.7 Å². The summed E-state index contributed by atoms with van der Waals surface area (Å²) in [6.45, 7) is 7.24. The van der Waals surface area contributed by atoms with Gasteiger partial charge in [-0.3, -0.25) is 4.79 Å². The summed E-state index contributed by atoms with van der Waals surface area (Å²) in [7, 11) is 0. The van der Waals surface area contributed by atoms with Crippen LogP contribution in [0.5, 0.6) is 0 Å². The summed E-state index contributed by atoms with van der Waals surface area (Å²) in [5.41, 5.74) is 2.66. The van der Waals surface area contributed by atoms with Crippen LogP contribution in [0.3, 0.4) is 0 Å². The number of carbonyl (C=O) groups is 1. The minimum atomic E-state index is -0.185. The second-order valence-electron chi connectivity index (χ2n) is 5.93. The lowest BCUT2D eigenvalue weighted by molar-refractivity contribution is 0.0945. The molecule has 0 atom stereocenters. The molecule has 24 heavy (non-hydrogen) atoms. The third-order valence-corrected chi connectivity index (χ3v) is 3.97. The average Bonchev–Trinajstić information content (AvgIpc) is 2.61. The van der Waals surface area contributed by atoms with Crippen LogP contribution < -0.4 is 10.2 Å². The number of benzene rings is 1. The van der Waals surface area contributed by atoms with E-state index in [0.29, 0.717) is 31.3 Å². The molecular weight excluding hydrogens is 304 g/mol. The number of morpholine rings is 1. The van der Waals surface area contributed by atoms with Crippen molar-refractivity contribution >= 4 is 11.7 Å². The lowest BCUT2D eigenvalue weighted by Crippen LogP contribution is -2.37. The van der Waals surface area contributed by atoms with Crippen LogP contribution in [-0.2, 0) is 11.3 Å². The van der Waals surface area contributed by atoms with Gasteiger partial charge in [-0.2, -0.15) is 0 Å². The SMILES string of the molecule is Cc1ccc(CNC(=O)c2cc(N3CCOCC3)nc(C)n2)cc1. The van der Waals surface area contributed by atoms with Gasteiger partial charge in [0.1, 0.15) is 17.3 Å². The van der Waals surface area contributed by atoms with Crippen LogP contribution in [0.15, 0.2) is 30.3 Å². The van der Waals surface area contributed by atoms with Gasteiger partial charge in [-0.05, 0) is 19.4 Å². The molecule has 0 unspecified atom stereocenters. The zero-order valence-electron chi connectivity index (χ0n) is 14.1. The van der Waals surface area contributed by atoms with Gasteiger partial charge < -0.3 is 15.0 Å². The Kier molecular flexibility index (Phi) is 5.05. The minimum Gasteiger partial charge on any atom is -0.378 e. The van der Waals surface area contributed by atoms with Crippen LogP contribution >= 0.6 is 0 Å². The molecule has 1 aliphatic heterocycles. The molecule has 6 heteroatoms. The van der Waals surface area contributed by atoms with Crippen LogP contribution in [0.25, 0.3) is 0 Å². The van der Waals surface area contributed by atoms with E-state index < -0.39 is 0 Å². The molecule has 0 saturated carbocycles. The Bertz CT molecular complexity index is 709. The molecule has 0 bridgehead atoms. The minimum absolute atomic E-state index is 0.185. The second-order valence-corrected chi connectivity index (χ2v) is 5.93. The maximum atomic E-state index is 12.4. The molecular formula is C18H22N4O2. The van der Waals surface area contributed by atoms with E-state index in [2.05, 4.69) is 20.2 Å². The number of aryl methyl sites for hydroxylation is 2. The molecule has 6 nitrogen and oxygen atoms in total. The van der Waals surface area contributed by atoms with Crippen molar-refractivity contribution in [2.75, 3.05) is 31.2 Å². The van der Waals surface area contributed by atoms with E-state index in [0.717, 1.165) is 24.5 Å². The predicted molar refractivity (Wildman–Crippen MR) is 92.2 cm³/mol. The van der Waals surface area contributed by atoms with Crippen LogP contribution in [0.2, 0.25) is 0 Å². The van der Waals surface area contributed by atoms with E-state index >= 15 is 0 Å². The molecule has 1 aliphatic rings. The van der Waals surface area contributed by atoms with Crippen molar-refractivity contribution < 1.29 is 9.53 Å². The number of anilines is 1. The van der Waals surface area contributed by atoms with Crippen LogP contribution in [0.1, 0.15) is 27.4 Å². The van der Waals surface area contributed by atoms with Crippen molar-refractivity contribution in [2.45, 2.75) is 20.4 Å². The predicted octanol–water partition coefficient (Wildman–Crippen LogP) is 1.86. The number of aromatic nitrogens is 2. The number of ether oxygens (including phenoxy) is 1. The highest BCUT2D eigenvalue weighted by molar-refractivity contribution is 5.92. The van der Waals surface area contributed by atoms with E-state index in [9.17, 15) is 4.79 Å². The van der Waals surface area contributed by atoms with Gasteiger partial charge in [-0.25, -0.2) is 9.97 Å². The van der Waals surface area contributed by atoms with E-state index in [1.165, 1.54) is 5.56 Å². The van der Waals surface area contributed by atoms with E-state index in [4.69, 9.17) is 4.74 Å². The molecule has 1 aromatic heterocycles. The largest absolute Gasteiger partial charge is 0.378 e. The molecule has 1 aromatic carbocycles. The van der Waals surface area contributed by atoms with Gasteiger partial charge in [0.25, 0.3) is 5.91 Å². The third kappa shape index (κ3) is 4.08. The lowest BCUT2D eigenvalue weighted by atomic mass is 10.1. The molecule has 0 radical (unpaired) electrons. The summed E-state index contributed by atoms with van der Waals surface area (Å²) >= 11 is 0. The summed E-state index contributed by atoms with van der Waals surface area (Å²) in [5, 5.41) is 2.92. The summed E-state index contributed by atoms with van der Waals surface area (Å²) < 4.78 is 5.36. The molecule has 1 N–H and O–H groups in total. The fourth-order valence-electron chi connectivity index (χ4n) is 2.60. The zero-order chi connectivity index (χ0) is 16.9. The molecule has 0 aliphatic carbocycles. The summed E-state index contributed by atoms with van der Waals surface area (Å²) in [6, 6.07) is 9.85. The first kappa shape index (κ1) is 16.4. The third-order valence-electron chi connectivity index (χ3n) is 3.97. The first-order valence-electron chi connectivity index (χ1n) is 8.14. The molecule has 1 fully saturated rings. The van der Waals surface area contributed by atoms with Crippen molar-refractivity contribution in [1.29, 1.82) is 0 Å². The molecule has 2 aromatic rings. The Morgan fingerprint density at radius 1 is 1.17 bits per heavy atom. The standard InChI is InChI=1S/C18H22N4O2/c1-13-3-5-15(6-4-13)12-19-18(23)16-11-17(21-14(2)20-16)22-7-9-24-10-8-22/h3-6,11H,7-10,12H2,1-2H3,(H,19,23). The van der Waals surface area contributed by atoms with Crippen LogP contribution in [0, 0.1) is 13.8 Å². The Morgan fingerprint density at radius 3 is 2.58 bits per heavy atom. The van der Waals surface area contributed by atoms with Gasteiger partial charge in [-0.15, -0.1) is 0 Å². The van der Waals surface area contributed by atoms with Gasteiger partial charge in [0.2, 0.25) is 0 Å². The molecule has 1 saturated heterocycles. The summed E-state index contributed by atoms with van der Waals surface area (Å²) in [5.74, 6) is 1.20. The number of hydrogen-bond acceptors (Lipinski definition) is 5. The van der Waals surface area contributed by atoms with E-state index in [1.807, 2.05) is 31.2 Å². The first-order chi connectivity index (χ1) is 11.6. The maximum Gasteiger partial charge on any atom is 0.270 e. The number of rotatable bonds is 4. The quantitative estimate of drug-likeness (QED) is 0.929. The van der Waals surface area contributed by atoms with Gasteiger partial charge >= 0.3 is 0 Å². The number of amides is 1. The second kappa shape index (κ2) is 7.40. The smallest absolute Gasteiger partial charge is 0.270 e. The summed E-state index contributed by atoms with van der Waals surface area (Å²) in [4.78, 5) is 23.3. The highest BCUT2D eigenvalue weighted by Gasteiger charge is 2.16. The van der Waals surface area contributed by atoms with Crippen LogP contribution in [-0.4, -0.2) is 42.2 Å². The molecule has 126 valence electrons. The molecule has 0 spiro atoms. The zero-order valence-corrected chi connectivity index (χ0v) is 14.1. The average molecular weight is 326 g/mol. The molecule has 3 rings (SSSR count). The highest BCUT2D eigenvalue weighted by atomic mass is 16.5. The van der Waals surface area contributed by atoms with Crippen molar-refractivity contribution in [3.8, 4) is 0 Å². The maximum absolute atomic E-state index is 12.4. The Labute approximate surface area is 141 Å². The molecule has 1 amide bonds. The van der Waals surface area contributed by atoms with Crippen molar-refractivity contribution in [2.24, 2.45) is 0 Å². The fourth-order valence-corrected chi connectivity index (χ4v) is 2.60. The normalized spacial score (nSPS) is 14.5. The van der Waals surface area contributed by atoms with Crippen molar-refractivity contribution in [3.63, 3.8) is 0 Å². The Balaban J connectivity index is 1.69. The van der Waals surface area contributed by atoms with Gasteiger partial charge in [0.05, 0.1) is 13.2 Å². The van der Waals surface area contributed by atoms with Crippen LogP contribution in [0.4, 0.5) is 5.82 Å². The number of nitrogens with zero attached hydrogens (tertiary/aromatic N) is 3. The topological polar surface area (TPSA) is 67.4 Å². The summed E-state index contributed by atoms with van der Waals surface area (Å²) in [6.07, 6.45) is 0. The first-order valence-corrected chi connectivity index (χ1v) is 8.14. The fraction of sp³-hybridized carbons (Fsp3) is 0.389. The van der Waals surface area contributed by atoms with E-state index in [1.54, 1.807) is 13.0 Å². The van der Waals surface area contributed by atoms with E-state index in [-0.39, 0.29) is 5.91 Å². The number of hydrogen-bond donors (Lipinski definition) is 1. The number of nitrogens with one attached hydrogen (secondary N) is 1. The Hall–Kier alpha value is -2.47. The highest BCUT2D eigenvalue weighted by Crippen LogP contribution is 2.14. The van der Waals surface area contributed by atoms with Gasteiger partial charge in [0.15, 0.2) is 0 Å².